The highest BCUT2D eigenvalue weighted by Crippen LogP contribution is 2.21. The Morgan fingerprint density at radius 2 is 2.15 bits per heavy atom. The highest BCUT2D eigenvalue weighted by Gasteiger charge is 2.08. The second kappa shape index (κ2) is 5.00. The molecule has 1 aliphatic carbocycles. The molecule has 1 heteroatoms. The summed E-state index contributed by atoms with van der Waals surface area (Å²) in [5.74, 6) is 0.302. The van der Waals surface area contributed by atoms with Crippen LogP contribution in [0.5, 0.6) is 0 Å². The summed E-state index contributed by atoms with van der Waals surface area (Å²) >= 11 is 0. The van der Waals surface area contributed by atoms with Crippen LogP contribution in [-0.4, -0.2) is 5.78 Å². The first-order chi connectivity index (χ1) is 6.22. The van der Waals surface area contributed by atoms with Gasteiger partial charge in [0.1, 0.15) is 0 Å². The lowest BCUT2D eigenvalue weighted by Crippen LogP contribution is -1.91. The number of carbonyl (C=O) groups is 1. The van der Waals surface area contributed by atoms with Crippen LogP contribution < -0.4 is 0 Å². The normalized spacial score (nSPS) is 17.9. The van der Waals surface area contributed by atoms with E-state index in [1.165, 1.54) is 11.1 Å². The molecule has 0 radical (unpaired) electrons. The number of rotatable bonds is 3. The SMILES string of the molecule is C=C(CC)CC1=CC(=O)CCCC1. The van der Waals surface area contributed by atoms with Crippen LogP contribution in [0.2, 0.25) is 0 Å². The fourth-order valence-electron chi connectivity index (χ4n) is 1.61. The van der Waals surface area contributed by atoms with Gasteiger partial charge in [0, 0.05) is 6.42 Å². The van der Waals surface area contributed by atoms with E-state index in [1.807, 2.05) is 6.08 Å². The second-order valence-electron chi connectivity index (χ2n) is 3.76. The number of hydrogen-bond donors (Lipinski definition) is 0. The monoisotopic (exact) mass is 178 g/mol. The van der Waals surface area contributed by atoms with E-state index in [2.05, 4.69) is 13.5 Å². The Bertz CT molecular complexity index is 236. The van der Waals surface area contributed by atoms with E-state index in [9.17, 15) is 4.79 Å². The molecule has 0 atom stereocenters. The molecule has 0 unspecified atom stereocenters. The molecule has 1 aliphatic rings. The molecule has 0 aromatic carbocycles. The molecule has 1 rings (SSSR count). The van der Waals surface area contributed by atoms with E-state index in [-0.39, 0.29) is 0 Å². The number of hydrogen-bond acceptors (Lipinski definition) is 1. The fourth-order valence-corrected chi connectivity index (χ4v) is 1.61. The van der Waals surface area contributed by atoms with Crippen molar-refractivity contribution in [3.63, 3.8) is 0 Å². The number of allylic oxidation sites excluding steroid dienone is 3. The highest BCUT2D eigenvalue weighted by molar-refractivity contribution is 5.90. The van der Waals surface area contributed by atoms with Crippen molar-refractivity contribution < 1.29 is 4.79 Å². The average Bonchev–Trinajstić information content (AvgIpc) is 2.30. The Labute approximate surface area is 80.5 Å². The largest absolute Gasteiger partial charge is 0.295 e. The molecule has 1 nitrogen and oxygen atoms in total. The lowest BCUT2D eigenvalue weighted by Gasteiger charge is -2.05. The van der Waals surface area contributed by atoms with Crippen LogP contribution in [-0.2, 0) is 4.79 Å². The molecule has 0 spiro atoms. The molecule has 0 heterocycles. The summed E-state index contributed by atoms with van der Waals surface area (Å²) in [4.78, 5) is 11.3. The molecular formula is C12H18O. The van der Waals surface area contributed by atoms with Crippen LogP contribution in [0, 0.1) is 0 Å². The summed E-state index contributed by atoms with van der Waals surface area (Å²) in [6.07, 6.45) is 7.83. The van der Waals surface area contributed by atoms with Crippen molar-refractivity contribution in [3.05, 3.63) is 23.8 Å². The Morgan fingerprint density at radius 1 is 1.46 bits per heavy atom. The van der Waals surface area contributed by atoms with Gasteiger partial charge in [0.25, 0.3) is 0 Å². The molecule has 13 heavy (non-hydrogen) atoms. The van der Waals surface area contributed by atoms with Crippen LogP contribution >= 0.6 is 0 Å². The van der Waals surface area contributed by atoms with Gasteiger partial charge < -0.3 is 0 Å². The van der Waals surface area contributed by atoms with Gasteiger partial charge in [-0.2, -0.15) is 0 Å². The van der Waals surface area contributed by atoms with Crippen LogP contribution in [0.1, 0.15) is 45.4 Å². The van der Waals surface area contributed by atoms with Crippen molar-refractivity contribution in [1.29, 1.82) is 0 Å². The molecule has 0 saturated carbocycles. The van der Waals surface area contributed by atoms with Gasteiger partial charge in [-0.1, -0.05) is 24.6 Å². The zero-order valence-electron chi connectivity index (χ0n) is 8.44. The van der Waals surface area contributed by atoms with Crippen molar-refractivity contribution in [2.45, 2.75) is 45.4 Å². The fraction of sp³-hybridized carbons (Fsp3) is 0.583. The van der Waals surface area contributed by atoms with Gasteiger partial charge in [0.05, 0.1) is 0 Å². The maximum atomic E-state index is 11.3. The van der Waals surface area contributed by atoms with Crippen molar-refractivity contribution in [1.82, 2.24) is 0 Å². The molecule has 0 aliphatic heterocycles. The summed E-state index contributed by atoms with van der Waals surface area (Å²) in [5, 5.41) is 0. The van der Waals surface area contributed by atoms with Crippen LogP contribution in [0.25, 0.3) is 0 Å². The van der Waals surface area contributed by atoms with E-state index in [4.69, 9.17) is 0 Å². The van der Waals surface area contributed by atoms with E-state index < -0.39 is 0 Å². The van der Waals surface area contributed by atoms with E-state index >= 15 is 0 Å². The van der Waals surface area contributed by atoms with E-state index in [1.54, 1.807) is 0 Å². The lowest BCUT2D eigenvalue weighted by molar-refractivity contribution is -0.114. The summed E-state index contributed by atoms with van der Waals surface area (Å²) in [6.45, 7) is 6.08. The Balaban J connectivity index is 2.55. The van der Waals surface area contributed by atoms with Gasteiger partial charge in [0.2, 0.25) is 0 Å². The molecule has 0 N–H and O–H groups in total. The van der Waals surface area contributed by atoms with E-state index in [0.29, 0.717) is 5.78 Å². The standard InChI is InChI=1S/C12H18O/c1-3-10(2)8-11-6-4-5-7-12(13)9-11/h9H,2-8H2,1H3. The zero-order valence-corrected chi connectivity index (χ0v) is 8.44. The summed E-state index contributed by atoms with van der Waals surface area (Å²) in [5.41, 5.74) is 2.52. The average molecular weight is 178 g/mol. The first kappa shape index (κ1) is 10.2. The first-order valence-corrected chi connectivity index (χ1v) is 5.11. The summed E-state index contributed by atoms with van der Waals surface area (Å²) in [7, 11) is 0. The highest BCUT2D eigenvalue weighted by atomic mass is 16.1. The minimum absolute atomic E-state index is 0.302. The number of ketones is 1. The summed E-state index contributed by atoms with van der Waals surface area (Å²) < 4.78 is 0. The van der Waals surface area contributed by atoms with Gasteiger partial charge in [-0.3, -0.25) is 4.79 Å². The van der Waals surface area contributed by atoms with Crippen LogP contribution in [0.3, 0.4) is 0 Å². The zero-order chi connectivity index (χ0) is 9.68. The molecule has 0 aromatic rings. The predicted molar refractivity (Wildman–Crippen MR) is 55.6 cm³/mol. The quantitative estimate of drug-likeness (QED) is 0.605. The van der Waals surface area contributed by atoms with Crippen molar-refractivity contribution in [2.24, 2.45) is 0 Å². The minimum atomic E-state index is 0.302. The molecule has 0 fully saturated rings. The molecule has 72 valence electrons. The predicted octanol–water partition coefficient (Wildman–Crippen LogP) is 3.41. The maximum absolute atomic E-state index is 11.3. The van der Waals surface area contributed by atoms with Crippen molar-refractivity contribution >= 4 is 5.78 Å². The first-order valence-electron chi connectivity index (χ1n) is 5.11. The topological polar surface area (TPSA) is 17.1 Å². The number of carbonyl (C=O) groups excluding carboxylic acids is 1. The second-order valence-corrected chi connectivity index (χ2v) is 3.76. The molecular weight excluding hydrogens is 160 g/mol. The third-order valence-electron chi connectivity index (χ3n) is 2.51. The molecule has 0 saturated heterocycles. The van der Waals surface area contributed by atoms with Gasteiger partial charge >= 0.3 is 0 Å². The maximum Gasteiger partial charge on any atom is 0.155 e. The third-order valence-corrected chi connectivity index (χ3v) is 2.51. The van der Waals surface area contributed by atoms with E-state index in [0.717, 1.165) is 38.5 Å². The van der Waals surface area contributed by atoms with Crippen LogP contribution in [0.15, 0.2) is 23.8 Å². The van der Waals surface area contributed by atoms with Crippen molar-refractivity contribution in [3.8, 4) is 0 Å². The van der Waals surface area contributed by atoms with Crippen LogP contribution in [0.4, 0.5) is 0 Å². The Morgan fingerprint density at radius 3 is 2.85 bits per heavy atom. The van der Waals surface area contributed by atoms with Gasteiger partial charge in [-0.25, -0.2) is 0 Å². The lowest BCUT2D eigenvalue weighted by atomic mass is 10.0. The third kappa shape index (κ3) is 3.58. The van der Waals surface area contributed by atoms with Gasteiger partial charge in [0.15, 0.2) is 5.78 Å². The smallest absolute Gasteiger partial charge is 0.155 e. The molecule has 0 amide bonds. The Kier molecular flexibility index (Phi) is 3.94. The van der Waals surface area contributed by atoms with Crippen molar-refractivity contribution in [2.75, 3.05) is 0 Å². The Hall–Kier alpha value is -0.850. The molecule has 0 aromatic heterocycles. The molecule has 0 bridgehead atoms. The minimum Gasteiger partial charge on any atom is -0.295 e. The summed E-state index contributed by atoms with van der Waals surface area (Å²) in [6, 6.07) is 0. The van der Waals surface area contributed by atoms with Gasteiger partial charge in [-0.15, -0.1) is 0 Å². The van der Waals surface area contributed by atoms with Gasteiger partial charge in [-0.05, 0) is 38.2 Å².